The number of hydrogen-bond donors (Lipinski definition) is 0. The summed E-state index contributed by atoms with van der Waals surface area (Å²) in [7, 11) is 0. The van der Waals surface area contributed by atoms with Crippen LogP contribution in [0.25, 0.3) is 55.6 Å². The van der Waals surface area contributed by atoms with Crippen LogP contribution in [0.1, 0.15) is 63.5 Å². The van der Waals surface area contributed by atoms with Crippen molar-refractivity contribution in [1.29, 1.82) is 0 Å². The minimum Gasteiger partial charge on any atom is -0.456 e. The molecule has 1 nitrogen and oxygen atoms in total. The third kappa shape index (κ3) is 4.00. The monoisotopic (exact) mass is 581 g/mol. The summed E-state index contributed by atoms with van der Waals surface area (Å²) in [4.78, 5) is 0. The van der Waals surface area contributed by atoms with E-state index >= 15 is 0 Å². The lowest BCUT2D eigenvalue weighted by Gasteiger charge is -2.36. The van der Waals surface area contributed by atoms with Gasteiger partial charge in [-0.25, -0.2) is 0 Å². The van der Waals surface area contributed by atoms with Crippen molar-refractivity contribution in [3.63, 3.8) is 0 Å². The average molecular weight is 582 g/mol. The first kappa shape index (κ1) is 25.4. The Kier molecular flexibility index (Phi) is 5.70. The van der Waals surface area contributed by atoms with Gasteiger partial charge >= 0.3 is 0 Å². The number of fused-ring (bicyclic) bond motifs is 10. The van der Waals surface area contributed by atoms with Crippen molar-refractivity contribution in [3.8, 4) is 67.1 Å². The van der Waals surface area contributed by atoms with Crippen LogP contribution in [0.2, 0.25) is 0 Å². The Morgan fingerprint density at radius 2 is 0.978 bits per heavy atom. The third-order valence-electron chi connectivity index (χ3n) is 10.4. The summed E-state index contributed by atoms with van der Waals surface area (Å²) >= 11 is 0. The van der Waals surface area contributed by atoms with Gasteiger partial charge < -0.3 is 4.74 Å². The molecule has 1 saturated carbocycles. The Balaban J connectivity index is 1.39. The summed E-state index contributed by atoms with van der Waals surface area (Å²) in [5, 5.41) is 0. The molecule has 0 unspecified atom stereocenters. The first-order valence-corrected chi connectivity index (χ1v) is 16.3. The Bertz CT molecular complexity index is 2180. The summed E-state index contributed by atoms with van der Waals surface area (Å²) in [5.41, 5.74) is 15.3. The fourth-order valence-corrected chi connectivity index (χ4v) is 8.17. The van der Waals surface area contributed by atoms with Gasteiger partial charge in [0.1, 0.15) is 11.5 Å². The molecule has 9 rings (SSSR count). The van der Waals surface area contributed by atoms with E-state index in [1.807, 2.05) is 0 Å². The zero-order valence-electron chi connectivity index (χ0n) is 26.9. The molecule has 6 aromatic rings. The van der Waals surface area contributed by atoms with Gasteiger partial charge in [-0.05, 0) is 92.6 Å². The van der Waals surface area contributed by atoms with E-state index < -0.39 is 5.89 Å². The zero-order chi connectivity index (χ0) is 31.0. The quantitative estimate of drug-likeness (QED) is 0.197. The van der Waals surface area contributed by atoms with Crippen LogP contribution in [0.5, 0.6) is 11.5 Å². The lowest BCUT2D eigenvalue weighted by molar-refractivity contribution is 0.419. The number of para-hydroxylation sites is 2. The highest BCUT2D eigenvalue weighted by Gasteiger charge is 2.36. The predicted molar refractivity (Wildman–Crippen MR) is 187 cm³/mol. The molecule has 0 bridgehead atoms. The van der Waals surface area contributed by atoms with Crippen molar-refractivity contribution in [2.75, 3.05) is 0 Å². The van der Waals surface area contributed by atoms with Crippen molar-refractivity contribution in [3.05, 3.63) is 144 Å². The molecular formula is C44H36O. The molecule has 218 valence electrons. The molecule has 0 amide bonds. The Morgan fingerprint density at radius 3 is 1.58 bits per heavy atom. The molecule has 0 spiro atoms. The molecule has 0 aromatic heterocycles. The highest BCUT2D eigenvalue weighted by atomic mass is 16.5. The van der Waals surface area contributed by atoms with Crippen molar-refractivity contribution in [2.24, 2.45) is 0 Å². The molecule has 1 fully saturated rings. The average Bonchev–Trinajstić information content (AvgIpc) is 3.54. The van der Waals surface area contributed by atoms with Gasteiger partial charge in [0.25, 0.3) is 0 Å². The maximum atomic E-state index is 9.97. The van der Waals surface area contributed by atoms with Crippen LogP contribution in [0.4, 0.5) is 0 Å². The molecule has 1 heterocycles. The Hall–Kier alpha value is -4.88. The minimum atomic E-state index is -0.663. The Labute approximate surface area is 267 Å². The van der Waals surface area contributed by atoms with Gasteiger partial charge in [0.05, 0.1) is 0 Å². The molecule has 0 N–H and O–H groups in total. The van der Waals surface area contributed by atoms with E-state index in [0.717, 1.165) is 53.9 Å². The van der Waals surface area contributed by atoms with Gasteiger partial charge in [-0.1, -0.05) is 136 Å². The molecule has 0 atom stereocenters. The van der Waals surface area contributed by atoms with Gasteiger partial charge in [0.15, 0.2) is 0 Å². The van der Waals surface area contributed by atoms with E-state index in [2.05, 4.69) is 141 Å². The standard InChI is InChI=1S/C44H36O/c1-44(2)40-23-11-12-25-42(40)45-43-35(22-13-24-41(43)44)39-27-38-34-21-10-8-19-32(34)30-17-6-5-16-29(30)31-18-7-9-20-33(31)37(38)26-36(39)28-14-3-4-15-28/h5-13,16-28H,3-4,14-15H2,1-2H3/i28D. The van der Waals surface area contributed by atoms with Crippen molar-refractivity contribution in [1.82, 2.24) is 0 Å². The summed E-state index contributed by atoms with van der Waals surface area (Å²) in [5.74, 6) is 1.17. The highest BCUT2D eigenvalue weighted by molar-refractivity contribution is 6.04. The number of hydrogen-bond acceptors (Lipinski definition) is 1. The normalized spacial score (nSPS) is 16.7. The van der Waals surface area contributed by atoms with Crippen LogP contribution in [-0.4, -0.2) is 0 Å². The molecule has 2 aliphatic carbocycles. The van der Waals surface area contributed by atoms with E-state index in [1.54, 1.807) is 0 Å². The van der Waals surface area contributed by atoms with Gasteiger partial charge in [-0.3, -0.25) is 0 Å². The summed E-state index contributed by atoms with van der Waals surface area (Å²) in [6, 6.07) is 46.3. The van der Waals surface area contributed by atoms with Crippen LogP contribution < -0.4 is 4.74 Å². The summed E-state index contributed by atoms with van der Waals surface area (Å²) < 4.78 is 16.8. The second-order valence-corrected chi connectivity index (χ2v) is 13.3. The van der Waals surface area contributed by atoms with Crippen molar-refractivity contribution < 1.29 is 6.11 Å². The van der Waals surface area contributed by atoms with Gasteiger partial charge in [-0.2, -0.15) is 0 Å². The fraction of sp³-hybridized carbons (Fsp3) is 0.182. The van der Waals surface area contributed by atoms with Crippen molar-refractivity contribution >= 4 is 0 Å². The molecule has 1 heteroatoms. The molecular weight excluding hydrogens is 544 g/mol. The van der Waals surface area contributed by atoms with E-state index in [9.17, 15) is 1.37 Å². The SMILES string of the molecule is [2H]C1(c2cc3c(cc2-c2cccc4c2Oc2ccccc2C4(C)C)-c2ccccc2-c2ccccc2-c2ccccc2-3)CCCC1. The van der Waals surface area contributed by atoms with Gasteiger partial charge in [0.2, 0.25) is 0 Å². The first-order valence-electron chi connectivity index (χ1n) is 16.8. The van der Waals surface area contributed by atoms with Gasteiger partial charge in [0, 0.05) is 23.5 Å². The van der Waals surface area contributed by atoms with E-state index in [1.165, 1.54) is 55.6 Å². The summed E-state index contributed by atoms with van der Waals surface area (Å²) in [6.45, 7) is 4.60. The lowest BCUT2D eigenvalue weighted by Crippen LogP contribution is -2.24. The maximum Gasteiger partial charge on any atom is 0.139 e. The highest BCUT2D eigenvalue weighted by Crippen LogP contribution is 2.55. The van der Waals surface area contributed by atoms with Crippen LogP contribution in [0, 0.1) is 0 Å². The van der Waals surface area contributed by atoms with Crippen molar-refractivity contribution in [2.45, 2.75) is 50.8 Å². The second-order valence-electron chi connectivity index (χ2n) is 13.3. The second kappa shape index (κ2) is 10.1. The number of ether oxygens (including phenoxy) is 1. The smallest absolute Gasteiger partial charge is 0.139 e. The summed E-state index contributed by atoms with van der Waals surface area (Å²) in [6.07, 6.45) is 3.89. The van der Waals surface area contributed by atoms with Crippen LogP contribution >= 0.6 is 0 Å². The number of benzene rings is 6. The third-order valence-corrected chi connectivity index (χ3v) is 10.4. The predicted octanol–water partition coefficient (Wildman–Crippen LogP) is 12.4. The zero-order valence-corrected chi connectivity index (χ0v) is 25.9. The lowest BCUT2D eigenvalue weighted by atomic mass is 9.73. The minimum absolute atomic E-state index is 0.217. The molecule has 3 aliphatic rings. The molecule has 45 heavy (non-hydrogen) atoms. The first-order chi connectivity index (χ1) is 22.4. The molecule has 0 saturated heterocycles. The Morgan fingerprint density at radius 1 is 0.511 bits per heavy atom. The molecule has 6 aromatic carbocycles. The molecule has 1 aliphatic heterocycles. The van der Waals surface area contributed by atoms with Crippen LogP contribution in [-0.2, 0) is 5.41 Å². The van der Waals surface area contributed by atoms with Crippen LogP contribution in [0.15, 0.2) is 127 Å². The maximum absolute atomic E-state index is 9.97. The van der Waals surface area contributed by atoms with E-state index in [-0.39, 0.29) is 5.41 Å². The van der Waals surface area contributed by atoms with Crippen LogP contribution in [0.3, 0.4) is 0 Å². The topological polar surface area (TPSA) is 9.23 Å². The largest absolute Gasteiger partial charge is 0.456 e. The molecule has 0 radical (unpaired) electrons. The van der Waals surface area contributed by atoms with E-state index in [4.69, 9.17) is 4.74 Å². The fourth-order valence-electron chi connectivity index (χ4n) is 8.17. The van der Waals surface area contributed by atoms with E-state index in [0.29, 0.717) is 0 Å². The van der Waals surface area contributed by atoms with Gasteiger partial charge in [-0.15, -0.1) is 0 Å². The number of rotatable bonds is 2.